The molecular formula is C15H30N2OS. The van der Waals surface area contributed by atoms with Gasteiger partial charge in [0, 0.05) is 47.0 Å². The monoisotopic (exact) mass is 286 g/mol. The lowest BCUT2D eigenvalue weighted by Crippen LogP contribution is -2.59. The summed E-state index contributed by atoms with van der Waals surface area (Å²) in [7, 11) is -0.646. The Kier molecular flexibility index (Phi) is 5.85. The molecule has 2 aliphatic heterocycles. The molecule has 2 aliphatic rings. The van der Waals surface area contributed by atoms with E-state index in [1.165, 1.54) is 32.1 Å². The van der Waals surface area contributed by atoms with Crippen LogP contribution in [-0.4, -0.2) is 51.8 Å². The molecule has 0 amide bonds. The van der Waals surface area contributed by atoms with Crippen molar-refractivity contribution in [3.63, 3.8) is 0 Å². The normalized spacial score (nSPS) is 35.0. The van der Waals surface area contributed by atoms with E-state index < -0.39 is 10.8 Å². The van der Waals surface area contributed by atoms with Gasteiger partial charge in [0.2, 0.25) is 0 Å². The molecule has 3 nitrogen and oxygen atoms in total. The summed E-state index contributed by atoms with van der Waals surface area (Å²) in [6.45, 7) is 5.64. The number of hydrogen-bond donors (Lipinski definition) is 1. The fourth-order valence-electron chi connectivity index (χ4n) is 4.08. The van der Waals surface area contributed by atoms with E-state index in [1.807, 2.05) is 6.26 Å². The number of piperidine rings is 2. The van der Waals surface area contributed by atoms with Gasteiger partial charge in [-0.05, 0) is 45.6 Å². The molecule has 2 bridgehead atoms. The number of nitrogens with one attached hydrogen (secondary N) is 1. The minimum absolute atomic E-state index is 0.599. The topological polar surface area (TPSA) is 32.3 Å². The van der Waals surface area contributed by atoms with Crippen LogP contribution < -0.4 is 5.32 Å². The third-order valence-electron chi connectivity index (χ3n) is 4.86. The second-order valence-corrected chi connectivity index (χ2v) is 7.88. The smallest absolute Gasteiger partial charge is 0.0246 e. The maximum Gasteiger partial charge on any atom is 0.0246 e. The molecule has 2 rings (SSSR count). The Hall–Kier alpha value is 0.0700. The lowest BCUT2D eigenvalue weighted by Gasteiger charge is -2.51. The minimum atomic E-state index is -0.646. The Labute approximate surface area is 121 Å². The van der Waals surface area contributed by atoms with Crippen molar-refractivity contribution in [3.8, 4) is 0 Å². The fourth-order valence-corrected chi connectivity index (χ4v) is 4.75. The first-order chi connectivity index (χ1) is 9.11. The van der Waals surface area contributed by atoms with Crippen LogP contribution in [0.25, 0.3) is 0 Å². The largest absolute Gasteiger partial charge is 0.314 e. The Bertz CT molecular complexity index is 297. The van der Waals surface area contributed by atoms with Gasteiger partial charge in [0.25, 0.3) is 0 Å². The van der Waals surface area contributed by atoms with Gasteiger partial charge < -0.3 is 5.32 Å². The van der Waals surface area contributed by atoms with E-state index in [0.717, 1.165) is 36.8 Å². The summed E-state index contributed by atoms with van der Waals surface area (Å²) >= 11 is 0. The Morgan fingerprint density at radius 3 is 2.47 bits per heavy atom. The molecule has 112 valence electrons. The predicted molar refractivity (Wildman–Crippen MR) is 83.0 cm³/mol. The van der Waals surface area contributed by atoms with Gasteiger partial charge in [-0.3, -0.25) is 9.11 Å². The summed E-state index contributed by atoms with van der Waals surface area (Å²) in [6.07, 6.45) is 9.65. The highest BCUT2D eigenvalue weighted by atomic mass is 32.2. The van der Waals surface area contributed by atoms with E-state index in [2.05, 4.69) is 24.1 Å². The van der Waals surface area contributed by atoms with Crippen molar-refractivity contribution in [3.05, 3.63) is 0 Å². The van der Waals surface area contributed by atoms with Gasteiger partial charge in [-0.15, -0.1) is 0 Å². The molecule has 0 aliphatic carbocycles. The van der Waals surface area contributed by atoms with Crippen molar-refractivity contribution in [2.24, 2.45) is 0 Å². The summed E-state index contributed by atoms with van der Waals surface area (Å²) in [5.41, 5.74) is 0. The van der Waals surface area contributed by atoms with Crippen molar-refractivity contribution in [1.82, 2.24) is 10.2 Å². The molecule has 19 heavy (non-hydrogen) atoms. The number of hydrogen-bond acceptors (Lipinski definition) is 3. The van der Waals surface area contributed by atoms with Crippen LogP contribution in [0.2, 0.25) is 0 Å². The van der Waals surface area contributed by atoms with Crippen LogP contribution in [0.4, 0.5) is 0 Å². The van der Waals surface area contributed by atoms with E-state index in [9.17, 15) is 4.21 Å². The molecule has 4 atom stereocenters. The third-order valence-corrected chi connectivity index (χ3v) is 5.67. The second-order valence-electron chi connectivity index (χ2n) is 6.33. The highest BCUT2D eigenvalue weighted by Gasteiger charge is 2.39. The van der Waals surface area contributed by atoms with E-state index in [-0.39, 0.29) is 0 Å². The summed E-state index contributed by atoms with van der Waals surface area (Å²) in [6, 6.07) is 2.85. The van der Waals surface area contributed by atoms with Crippen molar-refractivity contribution in [2.45, 2.75) is 76.5 Å². The molecule has 1 N–H and O–H groups in total. The molecule has 2 fully saturated rings. The van der Waals surface area contributed by atoms with Crippen LogP contribution in [-0.2, 0) is 10.8 Å². The van der Waals surface area contributed by atoms with Gasteiger partial charge in [0.15, 0.2) is 0 Å². The quantitative estimate of drug-likeness (QED) is 0.812. The highest BCUT2D eigenvalue weighted by Crippen LogP contribution is 2.36. The predicted octanol–water partition coefficient (Wildman–Crippen LogP) is 2.14. The summed E-state index contributed by atoms with van der Waals surface area (Å²) in [5.74, 6) is 0.855. The summed E-state index contributed by atoms with van der Waals surface area (Å²) in [4.78, 5) is 2.77. The molecule has 0 saturated carbocycles. The van der Waals surface area contributed by atoms with Crippen LogP contribution in [0.3, 0.4) is 0 Å². The summed E-state index contributed by atoms with van der Waals surface area (Å²) < 4.78 is 11.3. The standard InChI is InChI=1S/C15H30N2OS/c1-4-16-13-10-14-6-5-7-15(11-13)17(14)12(2)8-9-19(3)18/h12-16H,4-11H2,1-3H3. The van der Waals surface area contributed by atoms with Crippen LogP contribution in [0.5, 0.6) is 0 Å². The van der Waals surface area contributed by atoms with Crippen molar-refractivity contribution >= 4 is 10.8 Å². The first-order valence-corrected chi connectivity index (χ1v) is 9.65. The average Bonchev–Trinajstić information content (AvgIpc) is 2.35. The van der Waals surface area contributed by atoms with Gasteiger partial charge in [-0.25, -0.2) is 0 Å². The molecule has 0 radical (unpaired) electrons. The number of nitrogens with zero attached hydrogens (tertiary/aromatic N) is 1. The molecule has 2 saturated heterocycles. The Morgan fingerprint density at radius 2 is 1.95 bits per heavy atom. The van der Waals surface area contributed by atoms with Gasteiger partial charge in [0.05, 0.1) is 0 Å². The van der Waals surface area contributed by atoms with E-state index in [1.54, 1.807) is 0 Å². The van der Waals surface area contributed by atoms with Crippen molar-refractivity contribution in [2.75, 3.05) is 18.6 Å². The fraction of sp³-hybridized carbons (Fsp3) is 1.00. The zero-order chi connectivity index (χ0) is 13.8. The van der Waals surface area contributed by atoms with Gasteiger partial charge in [-0.2, -0.15) is 0 Å². The van der Waals surface area contributed by atoms with Gasteiger partial charge in [0.1, 0.15) is 0 Å². The number of fused-ring (bicyclic) bond motifs is 2. The molecule has 0 aromatic heterocycles. The molecular weight excluding hydrogens is 256 g/mol. The van der Waals surface area contributed by atoms with Crippen molar-refractivity contribution in [1.29, 1.82) is 0 Å². The zero-order valence-corrected chi connectivity index (χ0v) is 13.5. The van der Waals surface area contributed by atoms with E-state index in [4.69, 9.17) is 0 Å². The molecule has 4 unspecified atom stereocenters. The van der Waals surface area contributed by atoms with Crippen LogP contribution >= 0.6 is 0 Å². The molecule has 0 aromatic rings. The van der Waals surface area contributed by atoms with Crippen molar-refractivity contribution < 1.29 is 4.21 Å². The lowest BCUT2D eigenvalue weighted by atomic mass is 9.80. The van der Waals surface area contributed by atoms with E-state index in [0.29, 0.717) is 6.04 Å². The lowest BCUT2D eigenvalue weighted by molar-refractivity contribution is -0.00579. The van der Waals surface area contributed by atoms with Gasteiger partial charge in [-0.1, -0.05) is 13.3 Å². The average molecular weight is 286 g/mol. The first-order valence-electron chi connectivity index (χ1n) is 7.92. The van der Waals surface area contributed by atoms with Crippen LogP contribution in [0, 0.1) is 0 Å². The molecule has 4 heteroatoms. The summed E-state index contributed by atoms with van der Waals surface area (Å²) in [5, 5.41) is 3.65. The molecule has 2 heterocycles. The number of rotatable bonds is 6. The van der Waals surface area contributed by atoms with Gasteiger partial charge >= 0.3 is 0 Å². The Morgan fingerprint density at radius 1 is 1.32 bits per heavy atom. The Balaban J connectivity index is 1.95. The molecule has 0 aromatic carbocycles. The minimum Gasteiger partial charge on any atom is -0.314 e. The third kappa shape index (κ3) is 4.02. The highest BCUT2D eigenvalue weighted by molar-refractivity contribution is 7.84. The van der Waals surface area contributed by atoms with Crippen LogP contribution in [0.15, 0.2) is 0 Å². The maximum atomic E-state index is 11.3. The zero-order valence-electron chi connectivity index (χ0n) is 12.7. The second kappa shape index (κ2) is 7.19. The molecule has 0 spiro atoms. The first kappa shape index (κ1) is 15.5. The SMILES string of the molecule is CCNC1CC2CCCC(C1)N2C(C)CCS(C)=O. The van der Waals surface area contributed by atoms with Crippen LogP contribution in [0.1, 0.15) is 52.4 Å². The van der Waals surface area contributed by atoms with E-state index >= 15 is 0 Å². The maximum absolute atomic E-state index is 11.3.